The van der Waals surface area contributed by atoms with Crippen molar-refractivity contribution in [2.75, 3.05) is 11.9 Å². The molecule has 0 unspecified atom stereocenters. The number of anilines is 1. The standard InChI is InChI=1S/C17H21Cl2NO4/c1-2-23-15(21)11-17(8-4-3-5-9-17)24-16(22)20-12-6-7-13(18)14(19)10-12/h6-7,10H,2-5,8-9,11H2,1H3,(H,20,22). The number of carbonyl (C=O) groups is 2. The molecule has 1 aliphatic rings. The second-order valence-corrected chi connectivity index (χ2v) is 6.68. The van der Waals surface area contributed by atoms with Crippen LogP contribution in [-0.2, 0) is 14.3 Å². The van der Waals surface area contributed by atoms with E-state index in [2.05, 4.69) is 5.32 Å². The van der Waals surface area contributed by atoms with Gasteiger partial charge in [-0.3, -0.25) is 10.1 Å². The maximum absolute atomic E-state index is 12.3. The molecule has 24 heavy (non-hydrogen) atoms. The summed E-state index contributed by atoms with van der Waals surface area (Å²) in [6.07, 6.45) is 3.68. The highest BCUT2D eigenvalue weighted by Gasteiger charge is 2.38. The first-order valence-electron chi connectivity index (χ1n) is 8.05. The lowest BCUT2D eigenvalue weighted by Crippen LogP contribution is -2.41. The van der Waals surface area contributed by atoms with Crippen molar-refractivity contribution in [1.29, 1.82) is 0 Å². The molecular weight excluding hydrogens is 353 g/mol. The van der Waals surface area contributed by atoms with E-state index in [0.717, 1.165) is 19.3 Å². The van der Waals surface area contributed by atoms with Gasteiger partial charge >= 0.3 is 12.1 Å². The number of halogens is 2. The first kappa shape index (κ1) is 18.9. The van der Waals surface area contributed by atoms with Gasteiger partial charge in [0.05, 0.1) is 23.1 Å². The van der Waals surface area contributed by atoms with Crippen LogP contribution in [0, 0.1) is 0 Å². The van der Waals surface area contributed by atoms with Crippen molar-refractivity contribution < 1.29 is 19.1 Å². The molecule has 2 rings (SSSR count). The van der Waals surface area contributed by atoms with Gasteiger partial charge in [0, 0.05) is 5.69 Å². The Kier molecular flexibility index (Phi) is 6.75. The molecule has 1 fully saturated rings. The molecule has 0 spiro atoms. The maximum Gasteiger partial charge on any atom is 0.412 e. The summed E-state index contributed by atoms with van der Waals surface area (Å²) >= 11 is 11.8. The molecule has 132 valence electrons. The Labute approximate surface area is 151 Å². The Hall–Kier alpha value is -1.46. The van der Waals surface area contributed by atoms with Crippen molar-refractivity contribution in [2.45, 2.75) is 51.0 Å². The Morgan fingerprint density at radius 1 is 1.17 bits per heavy atom. The second-order valence-electron chi connectivity index (χ2n) is 5.87. The molecule has 1 aromatic carbocycles. The molecule has 7 heteroatoms. The number of carbonyl (C=O) groups excluding carboxylic acids is 2. The highest BCUT2D eigenvalue weighted by Crippen LogP contribution is 2.35. The summed E-state index contributed by atoms with van der Waals surface area (Å²) in [7, 11) is 0. The first-order chi connectivity index (χ1) is 11.4. The van der Waals surface area contributed by atoms with E-state index in [9.17, 15) is 9.59 Å². The van der Waals surface area contributed by atoms with Crippen molar-refractivity contribution in [1.82, 2.24) is 0 Å². The van der Waals surface area contributed by atoms with E-state index in [1.165, 1.54) is 0 Å². The fourth-order valence-corrected chi connectivity index (χ4v) is 3.20. The summed E-state index contributed by atoms with van der Waals surface area (Å²) in [6, 6.07) is 4.77. The van der Waals surface area contributed by atoms with E-state index in [-0.39, 0.29) is 12.4 Å². The average molecular weight is 374 g/mol. The van der Waals surface area contributed by atoms with Crippen molar-refractivity contribution in [3.8, 4) is 0 Å². The predicted octanol–water partition coefficient (Wildman–Crippen LogP) is 5.20. The van der Waals surface area contributed by atoms with Crippen LogP contribution in [0.25, 0.3) is 0 Å². The molecule has 0 saturated heterocycles. The van der Waals surface area contributed by atoms with Crippen LogP contribution in [0.4, 0.5) is 10.5 Å². The molecule has 1 N–H and O–H groups in total. The molecule has 0 heterocycles. The number of hydrogen-bond donors (Lipinski definition) is 1. The smallest absolute Gasteiger partial charge is 0.412 e. The fraction of sp³-hybridized carbons (Fsp3) is 0.529. The van der Waals surface area contributed by atoms with Crippen LogP contribution in [0.2, 0.25) is 10.0 Å². The van der Waals surface area contributed by atoms with Crippen molar-refractivity contribution in [2.24, 2.45) is 0 Å². The van der Waals surface area contributed by atoms with Gasteiger partial charge in [0.25, 0.3) is 0 Å². The molecule has 5 nitrogen and oxygen atoms in total. The van der Waals surface area contributed by atoms with Gasteiger partial charge in [0.15, 0.2) is 0 Å². The zero-order chi connectivity index (χ0) is 17.6. The van der Waals surface area contributed by atoms with Gasteiger partial charge in [0.2, 0.25) is 0 Å². The maximum atomic E-state index is 12.3. The molecule has 1 aliphatic carbocycles. The summed E-state index contributed by atoms with van der Waals surface area (Å²) in [5.41, 5.74) is -0.318. The zero-order valence-electron chi connectivity index (χ0n) is 13.6. The Morgan fingerprint density at radius 2 is 1.88 bits per heavy atom. The third kappa shape index (κ3) is 5.28. The van der Waals surface area contributed by atoms with E-state index < -0.39 is 11.7 Å². The monoisotopic (exact) mass is 373 g/mol. The number of rotatable bonds is 5. The molecule has 0 atom stereocenters. The third-order valence-electron chi connectivity index (χ3n) is 4.01. The minimum Gasteiger partial charge on any atom is -0.466 e. The Morgan fingerprint density at radius 3 is 2.50 bits per heavy atom. The third-order valence-corrected chi connectivity index (χ3v) is 4.75. The van der Waals surface area contributed by atoms with Gasteiger partial charge in [-0.1, -0.05) is 29.6 Å². The lowest BCUT2D eigenvalue weighted by molar-refractivity contribution is -0.149. The van der Waals surface area contributed by atoms with Crippen LogP contribution in [0.3, 0.4) is 0 Å². The van der Waals surface area contributed by atoms with E-state index in [0.29, 0.717) is 35.2 Å². The SMILES string of the molecule is CCOC(=O)CC1(OC(=O)Nc2ccc(Cl)c(Cl)c2)CCCCC1. The molecule has 0 aliphatic heterocycles. The number of amides is 1. The van der Waals surface area contributed by atoms with Gasteiger partial charge in [-0.25, -0.2) is 4.79 Å². The second kappa shape index (κ2) is 8.58. The molecule has 1 aromatic rings. The normalized spacial score (nSPS) is 16.3. The Bertz CT molecular complexity index is 600. The number of ether oxygens (including phenoxy) is 2. The highest BCUT2D eigenvalue weighted by molar-refractivity contribution is 6.42. The topological polar surface area (TPSA) is 64.6 Å². The first-order valence-corrected chi connectivity index (χ1v) is 8.80. The van der Waals surface area contributed by atoms with Crippen LogP contribution in [0.1, 0.15) is 45.4 Å². The van der Waals surface area contributed by atoms with E-state index in [1.54, 1.807) is 25.1 Å². The lowest BCUT2D eigenvalue weighted by Gasteiger charge is -2.35. The molecule has 0 aromatic heterocycles. The van der Waals surface area contributed by atoms with Gasteiger partial charge in [-0.2, -0.15) is 0 Å². The van der Waals surface area contributed by atoms with Gasteiger partial charge in [-0.05, 0) is 50.8 Å². The molecule has 1 saturated carbocycles. The fourth-order valence-electron chi connectivity index (χ4n) is 2.90. The van der Waals surface area contributed by atoms with E-state index in [1.807, 2.05) is 0 Å². The van der Waals surface area contributed by atoms with E-state index in [4.69, 9.17) is 32.7 Å². The Balaban J connectivity index is 2.03. The minimum absolute atomic E-state index is 0.0790. The molecule has 0 radical (unpaired) electrons. The highest BCUT2D eigenvalue weighted by atomic mass is 35.5. The van der Waals surface area contributed by atoms with Gasteiger partial charge < -0.3 is 9.47 Å². The summed E-state index contributed by atoms with van der Waals surface area (Å²) in [5, 5.41) is 3.38. The zero-order valence-corrected chi connectivity index (χ0v) is 15.1. The number of benzene rings is 1. The summed E-state index contributed by atoms with van der Waals surface area (Å²) in [4.78, 5) is 24.1. The number of hydrogen-bond acceptors (Lipinski definition) is 4. The van der Waals surface area contributed by atoms with Crippen molar-refractivity contribution in [3.05, 3.63) is 28.2 Å². The van der Waals surface area contributed by atoms with Crippen LogP contribution in [0.15, 0.2) is 18.2 Å². The average Bonchev–Trinajstić information content (AvgIpc) is 2.51. The largest absolute Gasteiger partial charge is 0.466 e. The minimum atomic E-state index is -0.801. The van der Waals surface area contributed by atoms with Gasteiger partial charge in [-0.15, -0.1) is 0 Å². The quantitative estimate of drug-likeness (QED) is 0.720. The van der Waals surface area contributed by atoms with Crippen LogP contribution < -0.4 is 5.32 Å². The lowest BCUT2D eigenvalue weighted by atomic mass is 9.82. The molecule has 0 bridgehead atoms. The number of esters is 1. The summed E-state index contributed by atoms with van der Waals surface area (Å²) in [5.74, 6) is -0.346. The number of nitrogens with one attached hydrogen (secondary N) is 1. The van der Waals surface area contributed by atoms with Crippen LogP contribution in [-0.4, -0.2) is 24.3 Å². The van der Waals surface area contributed by atoms with Crippen molar-refractivity contribution >= 4 is 41.0 Å². The summed E-state index contributed by atoms with van der Waals surface area (Å²) < 4.78 is 10.7. The van der Waals surface area contributed by atoms with Crippen LogP contribution in [0.5, 0.6) is 0 Å². The van der Waals surface area contributed by atoms with Crippen molar-refractivity contribution in [3.63, 3.8) is 0 Å². The van der Waals surface area contributed by atoms with Gasteiger partial charge in [0.1, 0.15) is 5.60 Å². The summed E-state index contributed by atoms with van der Waals surface area (Å²) in [6.45, 7) is 2.06. The van der Waals surface area contributed by atoms with Crippen LogP contribution >= 0.6 is 23.2 Å². The van der Waals surface area contributed by atoms with E-state index >= 15 is 0 Å². The molecular formula is C17H21Cl2NO4. The predicted molar refractivity (Wildman–Crippen MR) is 93.6 cm³/mol. The molecule has 1 amide bonds.